The van der Waals surface area contributed by atoms with E-state index in [0.29, 0.717) is 0 Å². The molecule has 27 heavy (non-hydrogen) atoms. The van der Waals surface area contributed by atoms with Gasteiger partial charge in [-0.1, -0.05) is 6.07 Å². The highest BCUT2D eigenvalue weighted by Crippen LogP contribution is 2.30. The first-order valence-electron chi connectivity index (χ1n) is 9.47. The summed E-state index contributed by atoms with van der Waals surface area (Å²) >= 11 is 0. The van der Waals surface area contributed by atoms with E-state index in [1.54, 1.807) is 0 Å². The number of aryl methyl sites for hydroxylation is 2. The number of H-pyrrole nitrogens is 1. The van der Waals surface area contributed by atoms with E-state index in [-0.39, 0.29) is 0 Å². The zero-order chi connectivity index (χ0) is 18.5. The maximum Gasteiger partial charge on any atom is 0.142 e. The molecule has 6 heteroatoms. The molecule has 4 aromatic rings. The number of rotatable bonds is 2. The number of hydrogen-bond donors (Lipinski definition) is 1. The first-order chi connectivity index (χ1) is 13.1. The quantitative estimate of drug-likeness (QED) is 0.596. The molecule has 0 amide bonds. The topological polar surface area (TPSA) is 52.5 Å². The van der Waals surface area contributed by atoms with Gasteiger partial charge in [-0.2, -0.15) is 5.10 Å². The van der Waals surface area contributed by atoms with Gasteiger partial charge in [0.2, 0.25) is 0 Å². The minimum absolute atomic E-state index is 0.882. The van der Waals surface area contributed by atoms with Gasteiger partial charge in [0, 0.05) is 38.1 Å². The van der Waals surface area contributed by atoms with Crippen LogP contribution in [0.15, 0.2) is 36.7 Å². The molecule has 0 bridgehead atoms. The Morgan fingerprint density at radius 3 is 2.67 bits per heavy atom. The van der Waals surface area contributed by atoms with Gasteiger partial charge in [0.1, 0.15) is 5.82 Å². The fourth-order valence-corrected chi connectivity index (χ4v) is 4.04. The summed E-state index contributed by atoms with van der Waals surface area (Å²) in [6.45, 7) is 8.60. The minimum Gasteiger partial charge on any atom is -0.369 e. The average Bonchev–Trinajstić information content (AvgIpc) is 3.27. The van der Waals surface area contributed by atoms with Crippen molar-refractivity contribution >= 4 is 22.2 Å². The number of aromatic nitrogens is 4. The summed E-state index contributed by atoms with van der Waals surface area (Å²) in [4.78, 5) is 13.3. The van der Waals surface area contributed by atoms with Crippen molar-refractivity contribution in [3.05, 3.63) is 47.8 Å². The van der Waals surface area contributed by atoms with Gasteiger partial charge in [-0.05, 0) is 50.2 Å². The van der Waals surface area contributed by atoms with Crippen LogP contribution < -0.4 is 4.90 Å². The van der Waals surface area contributed by atoms with Crippen LogP contribution >= 0.6 is 0 Å². The highest BCUT2D eigenvalue weighted by atomic mass is 15.2. The van der Waals surface area contributed by atoms with Gasteiger partial charge in [-0.25, -0.2) is 9.50 Å². The predicted molar refractivity (Wildman–Crippen MR) is 109 cm³/mol. The van der Waals surface area contributed by atoms with Crippen LogP contribution in [0.4, 0.5) is 5.69 Å². The normalized spacial score (nSPS) is 15.9. The summed E-state index contributed by atoms with van der Waals surface area (Å²) in [5.41, 5.74) is 7.96. The average molecular weight is 360 g/mol. The Morgan fingerprint density at radius 1 is 1.04 bits per heavy atom. The van der Waals surface area contributed by atoms with Crippen LogP contribution in [-0.4, -0.2) is 57.7 Å². The second-order valence-electron chi connectivity index (χ2n) is 7.58. The smallest absolute Gasteiger partial charge is 0.142 e. The van der Waals surface area contributed by atoms with Crippen LogP contribution in [0.2, 0.25) is 0 Å². The van der Waals surface area contributed by atoms with Crippen LogP contribution in [0.5, 0.6) is 0 Å². The molecule has 3 aromatic heterocycles. The molecule has 5 rings (SSSR count). The summed E-state index contributed by atoms with van der Waals surface area (Å²) in [5, 5.41) is 4.49. The zero-order valence-electron chi connectivity index (χ0n) is 16.0. The summed E-state index contributed by atoms with van der Waals surface area (Å²) in [5.74, 6) is 0.882. The molecule has 1 aromatic carbocycles. The van der Waals surface area contributed by atoms with Crippen LogP contribution in [0.25, 0.3) is 27.9 Å². The molecule has 4 heterocycles. The number of aromatic amines is 1. The molecule has 1 aliphatic heterocycles. The Kier molecular flexibility index (Phi) is 3.68. The number of imidazole rings is 1. The van der Waals surface area contributed by atoms with Crippen molar-refractivity contribution in [1.82, 2.24) is 24.5 Å². The molecule has 1 N–H and O–H groups in total. The van der Waals surface area contributed by atoms with Gasteiger partial charge in [-0.15, -0.1) is 0 Å². The third-order valence-corrected chi connectivity index (χ3v) is 5.63. The zero-order valence-corrected chi connectivity index (χ0v) is 16.0. The Balaban J connectivity index is 1.60. The van der Waals surface area contributed by atoms with Gasteiger partial charge >= 0.3 is 0 Å². The van der Waals surface area contributed by atoms with Crippen molar-refractivity contribution in [3.63, 3.8) is 0 Å². The lowest BCUT2D eigenvalue weighted by atomic mass is 10.1. The van der Waals surface area contributed by atoms with E-state index in [2.05, 4.69) is 59.0 Å². The lowest BCUT2D eigenvalue weighted by molar-refractivity contribution is 0.313. The predicted octanol–water partition coefficient (Wildman–Crippen LogP) is 3.25. The Labute approximate surface area is 158 Å². The summed E-state index contributed by atoms with van der Waals surface area (Å²) in [6.07, 6.45) is 3.88. The molecular weight excluding hydrogens is 336 g/mol. The SMILES string of the molecule is Cc1cc(N2CCN(C)CC2)cc2[nH]c(-c3cnn4cccc(C)c34)nc12. The lowest BCUT2D eigenvalue weighted by Gasteiger charge is -2.34. The molecule has 0 radical (unpaired) electrons. The van der Waals surface area contributed by atoms with Gasteiger partial charge < -0.3 is 14.8 Å². The summed E-state index contributed by atoms with van der Waals surface area (Å²) < 4.78 is 1.92. The molecule has 0 spiro atoms. The maximum atomic E-state index is 4.91. The molecular formula is C21H24N6. The molecule has 1 saturated heterocycles. The molecule has 0 atom stereocenters. The van der Waals surface area contributed by atoms with Crippen molar-refractivity contribution in [1.29, 1.82) is 0 Å². The molecule has 1 fully saturated rings. The van der Waals surface area contributed by atoms with Gasteiger partial charge in [0.05, 0.1) is 28.3 Å². The number of anilines is 1. The van der Waals surface area contributed by atoms with Gasteiger partial charge in [0.25, 0.3) is 0 Å². The Bertz CT molecular complexity index is 1130. The second-order valence-corrected chi connectivity index (χ2v) is 7.58. The standard InChI is InChI=1S/C21H24N6/c1-14-5-4-6-27-20(14)17(13-22-27)21-23-18-12-16(11-15(2)19(18)24-21)26-9-7-25(3)8-10-26/h4-6,11-13H,7-10H2,1-3H3,(H,23,24). The molecule has 0 saturated carbocycles. The van der Waals surface area contributed by atoms with Crippen LogP contribution in [0.1, 0.15) is 11.1 Å². The van der Waals surface area contributed by atoms with Crippen molar-refractivity contribution in [2.24, 2.45) is 0 Å². The summed E-state index contributed by atoms with van der Waals surface area (Å²) in [6, 6.07) is 8.63. The summed E-state index contributed by atoms with van der Waals surface area (Å²) in [7, 11) is 2.19. The lowest BCUT2D eigenvalue weighted by Crippen LogP contribution is -2.44. The molecule has 138 valence electrons. The highest BCUT2D eigenvalue weighted by molar-refractivity contribution is 5.88. The third-order valence-electron chi connectivity index (χ3n) is 5.63. The first kappa shape index (κ1) is 16.3. The van der Waals surface area contributed by atoms with Gasteiger partial charge in [-0.3, -0.25) is 0 Å². The number of hydrogen-bond acceptors (Lipinski definition) is 4. The number of piperazine rings is 1. The number of nitrogens with zero attached hydrogens (tertiary/aromatic N) is 5. The van der Waals surface area contributed by atoms with Crippen LogP contribution in [0.3, 0.4) is 0 Å². The number of benzene rings is 1. The van der Waals surface area contributed by atoms with E-state index in [0.717, 1.165) is 54.1 Å². The number of nitrogens with one attached hydrogen (secondary N) is 1. The molecule has 0 aliphatic carbocycles. The van der Waals surface area contributed by atoms with E-state index in [9.17, 15) is 0 Å². The van der Waals surface area contributed by atoms with Crippen molar-refractivity contribution in [2.45, 2.75) is 13.8 Å². The molecule has 0 unspecified atom stereocenters. The fraction of sp³-hybridized carbons (Fsp3) is 0.333. The minimum atomic E-state index is 0.882. The first-order valence-corrected chi connectivity index (χ1v) is 9.47. The van der Waals surface area contributed by atoms with Gasteiger partial charge in [0.15, 0.2) is 0 Å². The van der Waals surface area contributed by atoms with Crippen LogP contribution in [-0.2, 0) is 0 Å². The Hall–Kier alpha value is -2.86. The largest absolute Gasteiger partial charge is 0.369 e. The van der Waals surface area contributed by atoms with Crippen molar-refractivity contribution in [3.8, 4) is 11.4 Å². The number of fused-ring (bicyclic) bond motifs is 2. The third kappa shape index (κ3) is 2.68. The van der Waals surface area contributed by atoms with Crippen molar-refractivity contribution < 1.29 is 0 Å². The van der Waals surface area contributed by atoms with E-state index >= 15 is 0 Å². The van der Waals surface area contributed by atoms with E-state index in [1.807, 2.05) is 23.0 Å². The number of pyridine rings is 1. The van der Waals surface area contributed by atoms with Crippen molar-refractivity contribution in [2.75, 3.05) is 38.1 Å². The maximum absolute atomic E-state index is 4.91. The second kappa shape index (κ2) is 6.09. The Morgan fingerprint density at radius 2 is 1.85 bits per heavy atom. The number of likely N-dealkylation sites (N-methyl/N-ethyl adjacent to an activating group) is 1. The monoisotopic (exact) mass is 360 g/mol. The van der Waals surface area contributed by atoms with E-state index in [4.69, 9.17) is 4.98 Å². The fourth-order valence-electron chi connectivity index (χ4n) is 4.04. The van der Waals surface area contributed by atoms with Crippen LogP contribution in [0, 0.1) is 13.8 Å². The molecule has 1 aliphatic rings. The van der Waals surface area contributed by atoms with E-state index < -0.39 is 0 Å². The molecule has 6 nitrogen and oxygen atoms in total. The highest BCUT2D eigenvalue weighted by Gasteiger charge is 2.18. The van der Waals surface area contributed by atoms with E-state index in [1.165, 1.54) is 16.8 Å².